The first-order chi connectivity index (χ1) is 9.52. The Hall–Kier alpha value is -1.10. The molecular weight excluding hydrogens is 250 g/mol. The molecule has 0 saturated carbocycles. The van der Waals surface area contributed by atoms with Gasteiger partial charge in [-0.2, -0.15) is 0 Å². The van der Waals surface area contributed by atoms with Crippen LogP contribution >= 0.6 is 0 Å². The topological polar surface area (TPSA) is 41.7 Å². The summed E-state index contributed by atoms with van der Waals surface area (Å²) < 4.78 is 5.49. The van der Waals surface area contributed by atoms with E-state index in [4.69, 9.17) is 10.5 Å². The van der Waals surface area contributed by atoms with Gasteiger partial charge in [0.2, 0.25) is 0 Å². The molecule has 2 N–H and O–H groups in total. The minimum absolute atomic E-state index is 0.0320. The SMILES string of the molecule is COc1ccc(C)cc1C(N)C1CN(C)CCCN1C. The third-order valence-electron chi connectivity index (χ3n) is 4.27. The van der Waals surface area contributed by atoms with E-state index in [1.165, 1.54) is 12.0 Å². The van der Waals surface area contributed by atoms with E-state index < -0.39 is 0 Å². The maximum Gasteiger partial charge on any atom is 0.123 e. The van der Waals surface area contributed by atoms with Crippen LogP contribution in [0.15, 0.2) is 18.2 Å². The number of aryl methyl sites for hydroxylation is 1. The molecule has 1 aromatic rings. The van der Waals surface area contributed by atoms with Gasteiger partial charge in [-0.3, -0.25) is 0 Å². The van der Waals surface area contributed by atoms with Gasteiger partial charge in [0, 0.05) is 18.2 Å². The van der Waals surface area contributed by atoms with Crippen molar-refractivity contribution in [2.75, 3.05) is 40.8 Å². The third kappa shape index (κ3) is 3.32. The van der Waals surface area contributed by atoms with Crippen molar-refractivity contribution in [2.45, 2.75) is 25.4 Å². The zero-order chi connectivity index (χ0) is 14.7. The van der Waals surface area contributed by atoms with Crippen LogP contribution in [0.25, 0.3) is 0 Å². The van der Waals surface area contributed by atoms with Crippen molar-refractivity contribution in [3.8, 4) is 5.75 Å². The number of rotatable bonds is 3. The van der Waals surface area contributed by atoms with Gasteiger partial charge in [0.05, 0.1) is 13.2 Å². The highest BCUT2D eigenvalue weighted by Crippen LogP contribution is 2.29. The summed E-state index contributed by atoms with van der Waals surface area (Å²) >= 11 is 0. The van der Waals surface area contributed by atoms with Crippen molar-refractivity contribution < 1.29 is 4.74 Å². The van der Waals surface area contributed by atoms with Crippen molar-refractivity contribution in [3.05, 3.63) is 29.3 Å². The highest BCUT2D eigenvalue weighted by atomic mass is 16.5. The van der Waals surface area contributed by atoms with Gasteiger partial charge in [0.25, 0.3) is 0 Å². The quantitative estimate of drug-likeness (QED) is 0.912. The molecule has 1 aromatic carbocycles. The fourth-order valence-electron chi connectivity index (χ4n) is 3.02. The fourth-order valence-corrected chi connectivity index (χ4v) is 3.02. The first-order valence-electron chi connectivity index (χ1n) is 7.32. The van der Waals surface area contributed by atoms with E-state index in [1.807, 2.05) is 6.07 Å². The second kappa shape index (κ2) is 6.57. The second-order valence-electron chi connectivity index (χ2n) is 5.93. The van der Waals surface area contributed by atoms with E-state index >= 15 is 0 Å². The number of nitrogens with two attached hydrogens (primary N) is 1. The molecule has 0 radical (unpaired) electrons. The lowest BCUT2D eigenvalue weighted by Crippen LogP contribution is -2.45. The average Bonchev–Trinajstić information content (AvgIpc) is 2.59. The Kier molecular flexibility index (Phi) is 5.02. The number of ether oxygens (including phenoxy) is 1. The summed E-state index contributed by atoms with van der Waals surface area (Å²) in [5.41, 5.74) is 8.92. The maximum atomic E-state index is 6.59. The van der Waals surface area contributed by atoms with Crippen molar-refractivity contribution in [1.29, 1.82) is 0 Å². The molecule has 0 amide bonds. The lowest BCUT2D eigenvalue weighted by atomic mass is 9.96. The molecule has 112 valence electrons. The molecule has 1 fully saturated rings. The van der Waals surface area contributed by atoms with Crippen molar-refractivity contribution >= 4 is 0 Å². The molecule has 4 heteroatoms. The van der Waals surface area contributed by atoms with Crippen LogP contribution in [-0.4, -0.2) is 56.7 Å². The molecule has 0 aromatic heterocycles. The Bertz CT molecular complexity index is 449. The second-order valence-corrected chi connectivity index (χ2v) is 5.93. The zero-order valence-corrected chi connectivity index (χ0v) is 13.1. The minimum Gasteiger partial charge on any atom is -0.496 e. The van der Waals surface area contributed by atoms with Gasteiger partial charge in [0.1, 0.15) is 5.75 Å². The summed E-state index contributed by atoms with van der Waals surface area (Å²) in [5.74, 6) is 0.892. The van der Waals surface area contributed by atoms with Crippen molar-refractivity contribution in [1.82, 2.24) is 9.80 Å². The lowest BCUT2D eigenvalue weighted by Gasteiger charge is -2.33. The predicted octanol–water partition coefficient (Wildman–Crippen LogP) is 1.64. The first-order valence-corrected chi connectivity index (χ1v) is 7.32. The fraction of sp³-hybridized carbons (Fsp3) is 0.625. The number of benzene rings is 1. The van der Waals surface area contributed by atoms with Crippen LogP contribution in [0.2, 0.25) is 0 Å². The van der Waals surface area contributed by atoms with Gasteiger partial charge < -0.3 is 20.3 Å². The van der Waals surface area contributed by atoms with Crippen LogP contribution in [0, 0.1) is 6.92 Å². The summed E-state index contributed by atoms with van der Waals surface area (Å²) in [7, 11) is 6.06. The molecule has 1 aliphatic rings. The Morgan fingerprint density at radius 1 is 1.30 bits per heavy atom. The monoisotopic (exact) mass is 277 g/mol. The smallest absolute Gasteiger partial charge is 0.123 e. The number of likely N-dealkylation sites (N-methyl/N-ethyl adjacent to an activating group) is 2. The van der Waals surface area contributed by atoms with E-state index in [-0.39, 0.29) is 6.04 Å². The minimum atomic E-state index is -0.0320. The zero-order valence-electron chi connectivity index (χ0n) is 13.1. The third-order valence-corrected chi connectivity index (χ3v) is 4.27. The summed E-state index contributed by atoms with van der Waals surface area (Å²) in [6.07, 6.45) is 1.20. The molecule has 1 saturated heterocycles. The number of hydrogen-bond acceptors (Lipinski definition) is 4. The molecule has 20 heavy (non-hydrogen) atoms. The molecule has 4 nitrogen and oxygen atoms in total. The Labute approximate surface area is 122 Å². The molecule has 1 aliphatic heterocycles. The summed E-state index contributed by atoms with van der Waals surface area (Å²) in [4.78, 5) is 4.76. The van der Waals surface area contributed by atoms with Gasteiger partial charge in [0.15, 0.2) is 0 Å². The summed E-state index contributed by atoms with van der Waals surface area (Å²) in [6.45, 7) is 5.32. The molecular formula is C16H27N3O. The average molecular weight is 277 g/mol. The summed E-state index contributed by atoms with van der Waals surface area (Å²) in [6, 6.07) is 6.53. The van der Waals surface area contributed by atoms with E-state index in [2.05, 4.69) is 43.0 Å². The maximum absolute atomic E-state index is 6.59. The van der Waals surface area contributed by atoms with Crippen LogP contribution in [-0.2, 0) is 0 Å². The predicted molar refractivity (Wildman–Crippen MR) is 83.2 cm³/mol. The van der Waals surface area contributed by atoms with E-state index in [9.17, 15) is 0 Å². The Morgan fingerprint density at radius 2 is 2.05 bits per heavy atom. The van der Waals surface area contributed by atoms with Gasteiger partial charge in [-0.25, -0.2) is 0 Å². The van der Waals surface area contributed by atoms with Gasteiger partial charge in [-0.1, -0.05) is 17.7 Å². The van der Waals surface area contributed by atoms with Gasteiger partial charge >= 0.3 is 0 Å². The van der Waals surface area contributed by atoms with Crippen LogP contribution in [0.3, 0.4) is 0 Å². The first kappa shape index (κ1) is 15.3. The molecule has 0 spiro atoms. The highest BCUT2D eigenvalue weighted by molar-refractivity contribution is 5.39. The molecule has 0 bridgehead atoms. The largest absolute Gasteiger partial charge is 0.496 e. The molecule has 2 unspecified atom stereocenters. The number of methoxy groups -OCH3 is 1. The molecule has 1 heterocycles. The van der Waals surface area contributed by atoms with E-state index in [0.717, 1.165) is 30.9 Å². The highest BCUT2D eigenvalue weighted by Gasteiger charge is 2.28. The van der Waals surface area contributed by atoms with Crippen molar-refractivity contribution in [3.63, 3.8) is 0 Å². The number of hydrogen-bond donors (Lipinski definition) is 1. The summed E-state index contributed by atoms with van der Waals surface area (Å²) in [5, 5.41) is 0. The van der Waals surface area contributed by atoms with Gasteiger partial charge in [-0.15, -0.1) is 0 Å². The van der Waals surface area contributed by atoms with Crippen LogP contribution < -0.4 is 10.5 Å². The van der Waals surface area contributed by atoms with Crippen LogP contribution in [0.5, 0.6) is 5.75 Å². The van der Waals surface area contributed by atoms with Crippen LogP contribution in [0.1, 0.15) is 23.6 Å². The van der Waals surface area contributed by atoms with E-state index in [1.54, 1.807) is 7.11 Å². The van der Waals surface area contributed by atoms with Gasteiger partial charge in [-0.05, 0) is 46.6 Å². The lowest BCUT2D eigenvalue weighted by molar-refractivity contribution is 0.194. The van der Waals surface area contributed by atoms with E-state index in [0.29, 0.717) is 6.04 Å². The van der Waals surface area contributed by atoms with Crippen LogP contribution in [0.4, 0.5) is 0 Å². The Morgan fingerprint density at radius 3 is 2.75 bits per heavy atom. The van der Waals surface area contributed by atoms with Crippen molar-refractivity contribution in [2.24, 2.45) is 5.73 Å². The molecule has 2 atom stereocenters. The standard InChI is InChI=1S/C16H27N3O/c1-12-6-7-15(20-4)13(10-12)16(17)14-11-18(2)8-5-9-19(14)3/h6-7,10,14,16H,5,8-9,11,17H2,1-4H3. The normalized spacial score (nSPS) is 23.4. The molecule has 0 aliphatic carbocycles. The molecule has 2 rings (SSSR count). The number of nitrogens with zero attached hydrogens (tertiary/aromatic N) is 2. The Balaban J connectivity index is 2.28.